The number of para-hydroxylation sites is 1. The van der Waals surface area contributed by atoms with Gasteiger partial charge in [-0.15, -0.1) is 0 Å². The van der Waals surface area contributed by atoms with Gasteiger partial charge in [-0.1, -0.05) is 32.9 Å². The Kier molecular flexibility index (Phi) is 7.95. The normalized spacial score (nSPS) is 45.8. The topological polar surface area (TPSA) is 170 Å². The Bertz CT molecular complexity index is 1700. The Morgan fingerprint density at radius 2 is 1.82 bits per heavy atom. The van der Waals surface area contributed by atoms with Gasteiger partial charge in [0, 0.05) is 74.9 Å². The molecule has 14 atom stereocenters. The standard InChI is InChI=1S/C38H48N2O11/c1-18(2)32(43)51-28-21-14-22-27(28)36(45,15-24(21)47-4)38(46)30(49-6)29-35(12-11-25(48-5)37(22,29)34(38)39-16-35)17-50-33(44)20-9-7-8-10-23(20)40-26(41)13-19(3)31(40)42/h7-10,16,18-19,21-22,24-25,27-30,34,45-46H,11-15,17H2,1-6H3. The van der Waals surface area contributed by atoms with Crippen LogP contribution in [0, 0.1) is 46.3 Å². The quantitative estimate of drug-likeness (QED) is 0.285. The molecule has 5 aliphatic carbocycles. The Balaban J connectivity index is 1.20. The van der Waals surface area contributed by atoms with Crippen molar-refractivity contribution in [2.75, 3.05) is 32.8 Å². The zero-order valence-corrected chi connectivity index (χ0v) is 29.9. The maximum atomic E-state index is 14.0. The number of carbonyl (C=O) groups excluding carboxylic acids is 4. The third-order valence-electron chi connectivity index (χ3n) is 14.1. The molecule has 13 nitrogen and oxygen atoms in total. The summed E-state index contributed by atoms with van der Waals surface area (Å²) < 4.78 is 31.0. The Morgan fingerprint density at radius 3 is 2.47 bits per heavy atom. The Morgan fingerprint density at radius 1 is 1.08 bits per heavy atom. The number of imide groups is 1. The molecule has 2 N–H and O–H groups in total. The van der Waals surface area contributed by atoms with E-state index in [2.05, 4.69) is 0 Å². The lowest BCUT2D eigenvalue weighted by atomic mass is 9.44. The van der Waals surface area contributed by atoms with Gasteiger partial charge in [-0.05, 0) is 37.3 Å². The van der Waals surface area contributed by atoms with Gasteiger partial charge >= 0.3 is 11.9 Å². The number of hydrogen-bond donors (Lipinski definition) is 2. The highest BCUT2D eigenvalue weighted by atomic mass is 16.6. The van der Waals surface area contributed by atoms with Crippen molar-refractivity contribution in [1.29, 1.82) is 0 Å². The lowest BCUT2D eigenvalue weighted by Crippen LogP contribution is -2.77. The molecule has 276 valence electrons. The third kappa shape index (κ3) is 4.18. The molecule has 14 unspecified atom stereocenters. The number of amides is 2. The number of ether oxygens (including phenoxy) is 5. The summed E-state index contributed by atoms with van der Waals surface area (Å²) in [5, 5.41) is 26.3. The van der Waals surface area contributed by atoms with E-state index in [0.717, 1.165) is 4.90 Å². The number of aliphatic imine (C=N–C) groups is 1. The first-order valence-corrected chi connectivity index (χ1v) is 18.2. The minimum Gasteiger partial charge on any atom is -0.461 e. The fraction of sp³-hybridized carbons (Fsp3) is 0.711. The molecule has 1 spiro atoms. The van der Waals surface area contributed by atoms with Crippen molar-refractivity contribution in [3.05, 3.63) is 29.8 Å². The predicted octanol–water partition coefficient (Wildman–Crippen LogP) is 2.34. The summed E-state index contributed by atoms with van der Waals surface area (Å²) in [6, 6.07) is 5.61. The van der Waals surface area contributed by atoms with E-state index in [1.54, 1.807) is 59.4 Å². The highest BCUT2D eigenvalue weighted by Crippen LogP contribution is 2.79. The average molecular weight is 709 g/mol. The highest BCUT2D eigenvalue weighted by Gasteiger charge is 2.91. The molecule has 2 aliphatic heterocycles. The van der Waals surface area contributed by atoms with Crippen molar-refractivity contribution in [1.82, 2.24) is 0 Å². The molecule has 2 amide bonds. The number of carbonyl (C=O) groups is 4. The van der Waals surface area contributed by atoms with E-state index < -0.39 is 82.1 Å². The van der Waals surface area contributed by atoms with Gasteiger partial charge in [-0.3, -0.25) is 19.4 Å². The van der Waals surface area contributed by atoms with E-state index in [-0.39, 0.29) is 60.3 Å². The second-order valence-electron chi connectivity index (χ2n) is 16.4. The molecular formula is C38H48N2O11. The van der Waals surface area contributed by atoms with Gasteiger partial charge in [-0.25, -0.2) is 9.69 Å². The SMILES string of the molecule is COC1CC2(O)C3C(OC(=O)C(C)C)C1CC3C13C(OC)CCC4(COC(=O)c5ccccc5N5C(=O)CC(C)C5=O)C=NC1C2(O)C(OC)C43. The molecule has 0 radical (unpaired) electrons. The summed E-state index contributed by atoms with van der Waals surface area (Å²) in [5.74, 6) is -4.39. The van der Waals surface area contributed by atoms with E-state index in [1.807, 2.05) is 0 Å². The summed E-state index contributed by atoms with van der Waals surface area (Å²) in [5.41, 5.74) is -5.25. The zero-order valence-electron chi connectivity index (χ0n) is 29.9. The average Bonchev–Trinajstić information content (AvgIpc) is 3.61. The number of anilines is 1. The first-order chi connectivity index (χ1) is 24.3. The minimum absolute atomic E-state index is 0.0622. The molecule has 1 aromatic rings. The van der Waals surface area contributed by atoms with Crippen LogP contribution in [-0.2, 0) is 38.1 Å². The van der Waals surface area contributed by atoms with Crippen LogP contribution in [0.3, 0.4) is 0 Å². The van der Waals surface area contributed by atoms with Crippen molar-refractivity contribution < 1.29 is 53.1 Å². The maximum absolute atomic E-state index is 14.0. The van der Waals surface area contributed by atoms with Crippen LogP contribution in [0.15, 0.2) is 29.3 Å². The van der Waals surface area contributed by atoms with Crippen LogP contribution in [0.1, 0.15) is 63.2 Å². The molecule has 7 bridgehead atoms. The highest BCUT2D eigenvalue weighted by molar-refractivity contribution is 6.22. The molecule has 1 saturated heterocycles. The van der Waals surface area contributed by atoms with E-state index in [1.165, 1.54) is 13.2 Å². The molecule has 6 fully saturated rings. The molecule has 2 heterocycles. The lowest BCUT2D eigenvalue weighted by molar-refractivity contribution is -0.293. The van der Waals surface area contributed by atoms with Crippen LogP contribution in [0.25, 0.3) is 0 Å². The first kappa shape index (κ1) is 34.8. The zero-order chi connectivity index (χ0) is 36.4. The second-order valence-corrected chi connectivity index (χ2v) is 16.4. The van der Waals surface area contributed by atoms with E-state index >= 15 is 0 Å². The summed E-state index contributed by atoms with van der Waals surface area (Å²) >= 11 is 0. The fourth-order valence-electron chi connectivity index (χ4n) is 12.2. The maximum Gasteiger partial charge on any atom is 0.340 e. The number of aliphatic hydroxyl groups is 2. The van der Waals surface area contributed by atoms with Crippen LogP contribution in [-0.4, -0.2) is 110 Å². The number of methoxy groups -OCH3 is 3. The van der Waals surface area contributed by atoms with Crippen molar-refractivity contribution in [2.45, 2.75) is 94.5 Å². The first-order valence-electron chi connectivity index (χ1n) is 18.2. The number of benzene rings is 1. The summed E-state index contributed by atoms with van der Waals surface area (Å²) in [6.45, 7) is 5.09. The van der Waals surface area contributed by atoms with Gasteiger partial charge in [0.2, 0.25) is 11.8 Å². The number of nitrogens with zero attached hydrogens (tertiary/aromatic N) is 2. The van der Waals surface area contributed by atoms with Crippen LogP contribution in [0.5, 0.6) is 0 Å². The van der Waals surface area contributed by atoms with Gasteiger partial charge in [0.05, 0.1) is 41.5 Å². The van der Waals surface area contributed by atoms with Gasteiger partial charge < -0.3 is 33.9 Å². The van der Waals surface area contributed by atoms with Crippen molar-refractivity contribution in [3.63, 3.8) is 0 Å². The number of hydrogen-bond acceptors (Lipinski definition) is 12. The van der Waals surface area contributed by atoms with Crippen LogP contribution < -0.4 is 4.90 Å². The predicted molar refractivity (Wildman–Crippen MR) is 180 cm³/mol. The molecule has 5 saturated carbocycles. The number of rotatable bonds is 9. The van der Waals surface area contributed by atoms with E-state index in [0.29, 0.717) is 19.3 Å². The fourth-order valence-corrected chi connectivity index (χ4v) is 12.2. The number of esters is 2. The molecule has 7 aliphatic rings. The molecule has 0 aromatic heterocycles. The van der Waals surface area contributed by atoms with Crippen LogP contribution >= 0.6 is 0 Å². The van der Waals surface area contributed by atoms with Crippen molar-refractivity contribution in [3.8, 4) is 0 Å². The third-order valence-corrected chi connectivity index (χ3v) is 14.1. The minimum atomic E-state index is -1.93. The second kappa shape index (κ2) is 11.6. The summed E-state index contributed by atoms with van der Waals surface area (Å²) in [7, 11) is 4.75. The number of fused-ring (bicyclic) bond motifs is 2. The monoisotopic (exact) mass is 708 g/mol. The summed E-state index contributed by atoms with van der Waals surface area (Å²) in [6.07, 6.45) is 1.01. The Labute approximate surface area is 297 Å². The van der Waals surface area contributed by atoms with Crippen molar-refractivity contribution >= 4 is 35.7 Å². The van der Waals surface area contributed by atoms with E-state index in [9.17, 15) is 29.4 Å². The summed E-state index contributed by atoms with van der Waals surface area (Å²) in [4.78, 5) is 59.1. The molecule has 13 heteroatoms. The molecule has 8 rings (SSSR count). The smallest absolute Gasteiger partial charge is 0.340 e. The van der Waals surface area contributed by atoms with Gasteiger partial charge in [0.1, 0.15) is 23.9 Å². The van der Waals surface area contributed by atoms with Gasteiger partial charge in [0.15, 0.2) is 0 Å². The van der Waals surface area contributed by atoms with Gasteiger partial charge in [0.25, 0.3) is 0 Å². The Hall–Kier alpha value is -3.23. The van der Waals surface area contributed by atoms with E-state index in [4.69, 9.17) is 28.7 Å². The van der Waals surface area contributed by atoms with Crippen LogP contribution in [0.2, 0.25) is 0 Å². The largest absolute Gasteiger partial charge is 0.461 e. The van der Waals surface area contributed by atoms with Gasteiger partial charge in [-0.2, -0.15) is 0 Å². The molecular weight excluding hydrogens is 660 g/mol. The lowest BCUT2D eigenvalue weighted by Gasteiger charge is -2.65. The van der Waals surface area contributed by atoms with Crippen molar-refractivity contribution in [2.24, 2.45) is 51.3 Å². The molecule has 1 aromatic carbocycles. The molecule has 51 heavy (non-hydrogen) atoms. The van der Waals surface area contributed by atoms with Crippen LogP contribution in [0.4, 0.5) is 5.69 Å².